The molecule has 1 saturated heterocycles. The SMILES string of the molecule is C[C@@H](C(=O)NCCc1ccc(C(F)(F)F)cc1)N1C(=O)C2CC=CCC2C1=O. The Kier molecular flexibility index (Phi) is 5.58. The van der Waals surface area contributed by atoms with Crippen molar-refractivity contribution in [2.24, 2.45) is 11.8 Å². The second kappa shape index (κ2) is 7.77. The zero-order valence-electron chi connectivity index (χ0n) is 15.3. The van der Waals surface area contributed by atoms with Gasteiger partial charge in [0.15, 0.2) is 0 Å². The van der Waals surface area contributed by atoms with Crippen molar-refractivity contribution in [3.05, 3.63) is 47.5 Å². The van der Waals surface area contributed by atoms with Gasteiger partial charge in [-0.1, -0.05) is 24.3 Å². The molecule has 1 heterocycles. The zero-order chi connectivity index (χ0) is 20.5. The van der Waals surface area contributed by atoms with Gasteiger partial charge in [-0.05, 0) is 43.9 Å². The van der Waals surface area contributed by atoms with Gasteiger partial charge in [0.2, 0.25) is 17.7 Å². The number of carbonyl (C=O) groups is 3. The summed E-state index contributed by atoms with van der Waals surface area (Å²) in [5, 5.41) is 2.65. The van der Waals surface area contributed by atoms with Crippen molar-refractivity contribution in [2.75, 3.05) is 6.54 Å². The maximum atomic E-state index is 12.6. The third-order valence-corrected chi connectivity index (χ3v) is 5.30. The van der Waals surface area contributed by atoms with Gasteiger partial charge >= 0.3 is 6.18 Å². The molecule has 1 aliphatic heterocycles. The minimum Gasteiger partial charge on any atom is -0.354 e. The van der Waals surface area contributed by atoms with Gasteiger partial charge in [0.1, 0.15) is 6.04 Å². The smallest absolute Gasteiger partial charge is 0.354 e. The van der Waals surface area contributed by atoms with Crippen molar-refractivity contribution >= 4 is 17.7 Å². The van der Waals surface area contributed by atoms with Crippen LogP contribution in [0.15, 0.2) is 36.4 Å². The monoisotopic (exact) mass is 394 g/mol. The average Bonchev–Trinajstić information content (AvgIpc) is 2.92. The van der Waals surface area contributed by atoms with Gasteiger partial charge in [0.25, 0.3) is 0 Å². The normalized spacial score (nSPS) is 22.9. The highest BCUT2D eigenvalue weighted by molar-refractivity contribution is 6.08. The highest BCUT2D eigenvalue weighted by Crippen LogP contribution is 2.36. The Balaban J connectivity index is 1.53. The molecule has 1 aromatic rings. The zero-order valence-corrected chi connectivity index (χ0v) is 15.3. The van der Waals surface area contributed by atoms with Crippen LogP contribution in [0.4, 0.5) is 13.2 Å². The van der Waals surface area contributed by atoms with Crippen molar-refractivity contribution in [1.29, 1.82) is 0 Å². The lowest BCUT2D eigenvalue weighted by Gasteiger charge is -2.22. The number of nitrogens with one attached hydrogen (secondary N) is 1. The minimum absolute atomic E-state index is 0.194. The molecule has 0 spiro atoms. The molecule has 8 heteroatoms. The van der Waals surface area contributed by atoms with Crippen LogP contribution in [0, 0.1) is 11.8 Å². The number of halogens is 3. The second-order valence-corrected chi connectivity index (χ2v) is 7.11. The predicted molar refractivity (Wildman–Crippen MR) is 94.8 cm³/mol. The Labute approximate surface area is 160 Å². The summed E-state index contributed by atoms with van der Waals surface area (Å²) in [5.41, 5.74) is -0.0812. The number of rotatable bonds is 5. The number of hydrogen-bond donors (Lipinski definition) is 1. The third-order valence-electron chi connectivity index (χ3n) is 5.30. The van der Waals surface area contributed by atoms with Crippen molar-refractivity contribution in [3.8, 4) is 0 Å². The maximum absolute atomic E-state index is 12.6. The molecule has 1 aromatic carbocycles. The number of carbonyl (C=O) groups excluding carboxylic acids is 3. The highest BCUT2D eigenvalue weighted by Gasteiger charge is 2.50. The molecule has 1 fully saturated rings. The van der Waals surface area contributed by atoms with E-state index < -0.39 is 23.7 Å². The predicted octanol–water partition coefficient (Wildman–Crippen LogP) is 2.70. The summed E-state index contributed by atoms with van der Waals surface area (Å²) in [5.74, 6) is -1.87. The number of amides is 3. The number of benzene rings is 1. The van der Waals surface area contributed by atoms with Crippen LogP contribution in [0.25, 0.3) is 0 Å². The van der Waals surface area contributed by atoms with Gasteiger partial charge in [-0.15, -0.1) is 0 Å². The van der Waals surface area contributed by atoms with Crippen LogP contribution < -0.4 is 5.32 Å². The fourth-order valence-electron chi connectivity index (χ4n) is 3.66. The first-order chi connectivity index (χ1) is 13.2. The van der Waals surface area contributed by atoms with Crippen LogP contribution in [0.5, 0.6) is 0 Å². The summed E-state index contributed by atoms with van der Waals surface area (Å²) in [4.78, 5) is 38.4. The minimum atomic E-state index is -4.39. The van der Waals surface area contributed by atoms with E-state index in [2.05, 4.69) is 5.32 Å². The van der Waals surface area contributed by atoms with Gasteiger partial charge in [-0.2, -0.15) is 13.2 Å². The van der Waals surface area contributed by atoms with Gasteiger partial charge in [-0.25, -0.2) is 0 Å². The fourth-order valence-corrected chi connectivity index (χ4v) is 3.66. The molecule has 5 nitrogen and oxygen atoms in total. The molecule has 3 rings (SSSR count). The number of allylic oxidation sites excluding steroid dienone is 2. The molecule has 0 saturated carbocycles. The summed E-state index contributed by atoms with van der Waals surface area (Å²) in [7, 11) is 0. The largest absolute Gasteiger partial charge is 0.416 e. The number of fused-ring (bicyclic) bond motifs is 1. The van der Waals surface area contributed by atoms with Crippen LogP contribution >= 0.6 is 0 Å². The van der Waals surface area contributed by atoms with Crippen LogP contribution in [0.1, 0.15) is 30.9 Å². The van der Waals surface area contributed by atoms with E-state index in [1.807, 2.05) is 12.2 Å². The number of imide groups is 1. The molecular weight excluding hydrogens is 373 g/mol. The van der Waals surface area contributed by atoms with Crippen LogP contribution in [-0.4, -0.2) is 35.2 Å². The highest BCUT2D eigenvalue weighted by atomic mass is 19.4. The summed E-state index contributed by atoms with van der Waals surface area (Å²) in [6.07, 6.45) is 0.731. The van der Waals surface area contributed by atoms with Crippen molar-refractivity contribution in [1.82, 2.24) is 10.2 Å². The Bertz CT molecular complexity index is 776. The summed E-state index contributed by atoms with van der Waals surface area (Å²) in [6.45, 7) is 1.70. The first-order valence-electron chi connectivity index (χ1n) is 9.16. The molecular formula is C20H21F3N2O3. The molecule has 0 bridgehead atoms. The van der Waals surface area contributed by atoms with E-state index in [0.29, 0.717) is 24.8 Å². The molecule has 3 atom stereocenters. The second-order valence-electron chi connectivity index (χ2n) is 7.11. The molecule has 2 unspecified atom stereocenters. The van der Waals surface area contributed by atoms with Gasteiger partial charge in [0, 0.05) is 6.54 Å². The third kappa shape index (κ3) is 3.95. The first kappa shape index (κ1) is 20.1. The Hall–Kier alpha value is -2.64. The Morgan fingerprint density at radius 2 is 1.64 bits per heavy atom. The quantitative estimate of drug-likeness (QED) is 0.617. The van der Waals surface area contributed by atoms with E-state index in [4.69, 9.17) is 0 Å². The molecule has 0 radical (unpaired) electrons. The molecule has 1 aliphatic carbocycles. The van der Waals surface area contributed by atoms with Crippen molar-refractivity contribution < 1.29 is 27.6 Å². The molecule has 150 valence electrons. The topological polar surface area (TPSA) is 66.5 Å². The number of likely N-dealkylation sites (tertiary alicyclic amines) is 1. The average molecular weight is 394 g/mol. The van der Waals surface area contributed by atoms with E-state index in [1.54, 1.807) is 0 Å². The van der Waals surface area contributed by atoms with Crippen LogP contribution in [0.3, 0.4) is 0 Å². The van der Waals surface area contributed by atoms with Crippen LogP contribution in [0.2, 0.25) is 0 Å². The van der Waals surface area contributed by atoms with Crippen molar-refractivity contribution in [3.63, 3.8) is 0 Å². The Morgan fingerprint density at radius 3 is 2.14 bits per heavy atom. The Morgan fingerprint density at radius 1 is 1.11 bits per heavy atom. The van der Waals surface area contributed by atoms with Gasteiger partial charge < -0.3 is 5.32 Å². The van der Waals surface area contributed by atoms with E-state index in [9.17, 15) is 27.6 Å². The lowest BCUT2D eigenvalue weighted by atomic mass is 9.85. The lowest BCUT2D eigenvalue weighted by Crippen LogP contribution is -2.48. The van der Waals surface area contributed by atoms with Gasteiger partial charge in [0.05, 0.1) is 17.4 Å². The van der Waals surface area contributed by atoms with E-state index in [-0.39, 0.29) is 30.2 Å². The molecule has 1 N–H and O–H groups in total. The van der Waals surface area contributed by atoms with E-state index in [1.165, 1.54) is 19.1 Å². The summed E-state index contributed by atoms with van der Waals surface area (Å²) < 4.78 is 37.7. The standard InChI is InChI=1S/C20H21F3N2O3/c1-12(25-18(27)15-4-2-3-5-16(15)19(25)28)17(26)24-11-10-13-6-8-14(9-7-13)20(21,22)23/h2-3,6-9,12,15-16H,4-5,10-11H2,1H3,(H,24,26)/t12-,15?,16?/m0/s1. The van der Waals surface area contributed by atoms with Crippen LogP contribution in [-0.2, 0) is 27.0 Å². The first-order valence-corrected chi connectivity index (χ1v) is 9.16. The number of hydrogen-bond acceptors (Lipinski definition) is 3. The molecule has 0 aromatic heterocycles. The summed E-state index contributed by atoms with van der Waals surface area (Å²) >= 11 is 0. The lowest BCUT2D eigenvalue weighted by molar-refractivity contribution is -0.147. The number of nitrogens with zero attached hydrogens (tertiary/aromatic N) is 1. The van der Waals surface area contributed by atoms with Crippen molar-refractivity contribution in [2.45, 2.75) is 38.4 Å². The molecule has 28 heavy (non-hydrogen) atoms. The van der Waals surface area contributed by atoms with Gasteiger partial charge in [-0.3, -0.25) is 19.3 Å². The summed E-state index contributed by atoms with van der Waals surface area (Å²) in [6, 6.07) is 3.81. The molecule has 3 amide bonds. The number of alkyl halides is 3. The molecule has 2 aliphatic rings. The maximum Gasteiger partial charge on any atom is 0.416 e. The van der Waals surface area contributed by atoms with E-state index in [0.717, 1.165) is 17.0 Å². The fraction of sp³-hybridized carbons (Fsp3) is 0.450. The van der Waals surface area contributed by atoms with E-state index >= 15 is 0 Å².